The number of nitrogens with one attached hydrogen (secondary N) is 1. The molecule has 0 aliphatic rings. The molecule has 2 heterocycles. The van der Waals surface area contributed by atoms with Gasteiger partial charge in [0.05, 0.1) is 7.11 Å². The first kappa shape index (κ1) is 16.4. The lowest BCUT2D eigenvalue weighted by atomic mass is 10.2. The highest BCUT2D eigenvalue weighted by molar-refractivity contribution is 6.30. The predicted molar refractivity (Wildman–Crippen MR) is 104 cm³/mol. The Hall–Kier alpha value is -3.05. The molecule has 1 N–H and O–H groups in total. The number of anilines is 1. The molecule has 0 radical (unpaired) electrons. The summed E-state index contributed by atoms with van der Waals surface area (Å²) in [6, 6.07) is 21.5. The number of benzene rings is 2. The van der Waals surface area contributed by atoms with Gasteiger partial charge in [-0.3, -0.25) is 0 Å². The van der Waals surface area contributed by atoms with E-state index in [1.54, 1.807) is 11.6 Å². The molecule has 0 spiro atoms. The van der Waals surface area contributed by atoms with Gasteiger partial charge in [-0.15, -0.1) is 5.10 Å². The molecule has 0 saturated heterocycles. The highest BCUT2D eigenvalue weighted by Crippen LogP contribution is 2.30. The Morgan fingerprint density at radius 2 is 1.77 bits per heavy atom. The van der Waals surface area contributed by atoms with Crippen molar-refractivity contribution >= 4 is 23.1 Å². The van der Waals surface area contributed by atoms with Gasteiger partial charge in [-0.25, -0.2) is 4.98 Å². The number of rotatable bonds is 5. The molecule has 26 heavy (non-hydrogen) atoms. The van der Waals surface area contributed by atoms with Gasteiger partial charge in [0.2, 0.25) is 5.88 Å². The van der Waals surface area contributed by atoms with Gasteiger partial charge in [-0.1, -0.05) is 54.1 Å². The predicted octanol–water partition coefficient (Wildman–Crippen LogP) is 4.67. The maximum Gasteiger partial charge on any atom is 0.243 e. The van der Waals surface area contributed by atoms with Crippen molar-refractivity contribution in [2.75, 3.05) is 12.4 Å². The molecule has 0 amide bonds. The Labute approximate surface area is 156 Å². The van der Waals surface area contributed by atoms with Crippen molar-refractivity contribution in [3.63, 3.8) is 0 Å². The summed E-state index contributed by atoms with van der Waals surface area (Å²) in [4.78, 5) is 4.66. The van der Waals surface area contributed by atoms with Gasteiger partial charge in [-0.05, 0) is 29.8 Å². The van der Waals surface area contributed by atoms with Gasteiger partial charge in [0.1, 0.15) is 11.5 Å². The van der Waals surface area contributed by atoms with Gasteiger partial charge >= 0.3 is 0 Å². The van der Waals surface area contributed by atoms with E-state index in [0.717, 1.165) is 33.3 Å². The third kappa shape index (κ3) is 3.21. The molecule has 4 rings (SSSR count). The van der Waals surface area contributed by atoms with E-state index < -0.39 is 0 Å². The average Bonchev–Trinajstić information content (AvgIpc) is 3.06. The molecule has 4 aromatic rings. The summed E-state index contributed by atoms with van der Waals surface area (Å²) in [6.07, 6.45) is 0. The molecule has 5 nitrogen and oxygen atoms in total. The Balaban J connectivity index is 1.65. The summed E-state index contributed by atoms with van der Waals surface area (Å²) in [5.74, 6) is 1.35. The van der Waals surface area contributed by atoms with Crippen LogP contribution in [0, 0.1) is 0 Å². The smallest absolute Gasteiger partial charge is 0.243 e. The van der Waals surface area contributed by atoms with Crippen LogP contribution in [-0.2, 0) is 6.54 Å². The normalized spacial score (nSPS) is 10.8. The Morgan fingerprint density at radius 1 is 1.00 bits per heavy atom. The van der Waals surface area contributed by atoms with Crippen LogP contribution in [0.5, 0.6) is 5.88 Å². The highest BCUT2D eigenvalue weighted by Gasteiger charge is 2.15. The zero-order valence-corrected chi connectivity index (χ0v) is 14.9. The van der Waals surface area contributed by atoms with Gasteiger partial charge in [-0.2, -0.15) is 4.52 Å². The highest BCUT2D eigenvalue weighted by atomic mass is 35.5. The van der Waals surface area contributed by atoms with Crippen LogP contribution < -0.4 is 10.1 Å². The lowest BCUT2D eigenvalue weighted by Gasteiger charge is -2.07. The number of halogens is 1. The number of aromatic nitrogens is 3. The fourth-order valence-corrected chi connectivity index (χ4v) is 2.90. The van der Waals surface area contributed by atoms with E-state index in [4.69, 9.17) is 16.3 Å². The Morgan fingerprint density at radius 3 is 2.50 bits per heavy atom. The number of imidazole rings is 1. The molecular formula is C20H17ClN4O. The molecule has 0 unspecified atom stereocenters. The topological polar surface area (TPSA) is 51.5 Å². The summed E-state index contributed by atoms with van der Waals surface area (Å²) in [5, 5.41) is 8.66. The van der Waals surface area contributed by atoms with Crippen LogP contribution in [0.4, 0.5) is 5.82 Å². The van der Waals surface area contributed by atoms with Crippen molar-refractivity contribution in [3.8, 4) is 17.1 Å². The quantitative estimate of drug-likeness (QED) is 0.559. The first-order chi connectivity index (χ1) is 12.7. The van der Waals surface area contributed by atoms with E-state index in [1.165, 1.54) is 0 Å². The standard InChI is InChI=1S/C20H17ClN4O/c1-26-20-19(15-5-3-2-4-6-15)23-18-12-11-17(24-25(18)20)22-13-14-7-9-16(21)10-8-14/h2-12H,13H2,1H3,(H,22,24). The first-order valence-electron chi connectivity index (χ1n) is 8.22. The maximum atomic E-state index is 5.92. The van der Waals surface area contributed by atoms with Gasteiger partial charge in [0.15, 0.2) is 5.65 Å². The van der Waals surface area contributed by atoms with Crippen molar-refractivity contribution in [2.24, 2.45) is 0 Å². The molecular weight excluding hydrogens is 348 g/mol. The number of nitrogens with zero attached hydrogens (tertiary/aromatic N) is 3. The van der Waals surface area contributed by atoms with E-state index in [-0.39, 0.29) is 0 Å². The Kier molecular flexibility index (Phi) is 4.46. The van der Waals surface area contributed by atoms with Crippen molar-refractivity contribution in [1.82, 2.24) is 14.6 Å². The minimum absolute atomic E-state index is 0.612. The van der Waals surface area contributed by atoms with Crippen molar-refractivity contribution in [1.29, 1.82) is 0 Å². The lowest BCUT2D eigenvalue weighted by molar-refractivity contribution is 0.389. The third-order valence-corrected chi connectivity index (χ3v) is 4.32. The van der Waals surface area contributed by atoms with Gasteiger partial charge in [0, 0.05) is 17.1 Å². The minimum atomic E-state index is 0.612. The summed E-state index contributed by atoms with van der Waals surface area (Å²) in [7, 11) is 1.63. The molecule has 0 aliphatic heterocycles. The zero-order chi connectivity index (χ0) is 17.9. The number of hydrogen-bond donors (Lipinski definition) is 1. The second-order valence-electron chi connectivity index (χ2n) is 5.80. The average molecular weight is 365 g/mol. The molecule has 0 atom stereocenters. The van der Waals surface area contributed by atoms with Crippen LogP contribution in [0.15, 0.2) is 66.7 Å². The number of ether oxygens (including phenoxy) is 1. The molecule has 2 aromatic heterocycles. The fourth-order valence-electron chi connectivity index (χ4n) is 2.77. The van der Waals surface area contributed by atoms with Gasteiger partial charge < -0.3 is 10.1 Å². The molecule has 2 aromatic carbocycles. The zero-order valence-electron chi connectivity index (χ0n) is 14.2. The van der Waals surface area contributed by atoms with Crippen LogP contribution in [0.3, 0.4) is 0 Å². The minimum Gasteiger partial charge on any atom is -0.479 e. The fraction of sp³-hybridized carbons (Fsp3) is 0.100. The molecule has 0 fully saturated rings. The second-order valence-corrected chi connectivity index (χ2v) is 6.24. The van der Waals surface area contributed by atoms with Crippen LogP contribution >= 0.6 is 11.6 Å². The summed E-state index contributed by atoms with van der Waals surface area (Å²) >= 11 is 5.92. The van der Waals surface area contributed by atoms with E-state index >= 15 is 0 Å². The molecule has 0 aliphatic carbocycles. The van der Waals surface area contributed by atoms with E-state index in [1.807, 2.05) is 66.7 Å². The van der Waals surface area contributed by atoms with Crippen LogP contribution in [0.2, 0.25) is 5.02 Å². The number of hydrogen-bond acceptors (Lipinski definition) is 4. The summed E-state index contributed by atoms with van der Waals surface area (Å²) < 4.78 is 7.29. The number of methoxy groups -OCH3 is 1. The Bertz CT molecular complexity index is 1030. The first-order valence-corrected chi connectivity index (χ1v) is 8.60. The van der Waals surface area contributed by atoms with E-state index in [2.05, 4.69) is 15.4 Å². The third-order valence-electron chi connectivity index (χ3n) is 4.06. The van der Waals surface area contributed by atoms with Crippen molar-refractivity contribution < 1.29 is 4.74 Å². The summed E-state index contributed by atoms with van der Waals surface area (Å²) in [6.45, 7) is 0.651. The maximum absolute atomic E-state index is 5.92. The van der Waals surface area contributed by atoms with E-state index in [9.17, 15) is 0 Å². The van der Waals surface area contributed by atoms with Crippen LogP contribution in [0.25, 0.3) is 16.9 Å². The second kappa shape index (κ2) is 7.06. The van der Waals surface area contributed by atoms with Crippen molar-refractivity contribution in [2.45, 2.75) is 6.54 Å². The summed E-state index contributed by atoms with van der Waals surface area (Å²) in [5.41, 5.74) is 3.62. The molecule has 130 valence electrons. The van der Waals surface area contributed by atoms with Crippen LogP contribution in [0.1, 0.15) is 5.56 Å². The van der Waals surface area contributed by atoms with Crippen LogP contribution in [-0.4, -0.2) is 21.7 Å². The van der Waals surface area contributed by atoms with E-state index in [0.29, 0.717) is 12.4 Å². The van der Waals surface area contributed by atoms with Gasteiger partial charge in [0.25, 0.3) is 0 Å². The molecule has 0 saturated carbocycles. The van der Waals surface area contributed by atoms with Crippen molar-refractivity contribution in [3.05, 3.63) is 77.3 Å². The SMILES string of the molecule is COc1c(-c2ccccc2)nc2ccc(NCc3ccc(Cl)cc3)nn12. The monoisotopic (exact) mass is 364 g/mol. The molecule has 6 heteroatoms. The molecule has 0 bridgehead atoms. The number of fused-ring (bicyclic) bond motifs is 1. The lowest BCUT2D eigenvalue weighted by Crippen LogP contribution is -2.04. The largest absolute Gasteiger partial charge is 0.479 e.